The Morgan fingerprint density at radius 1 is 0.955 bits per heavy atom. The molecule has 0 fully saturated rings. The van der Waals surface area contributed by atoms with Crippen molar-refractivity contribution < 1.29 is 43.8 Å². The van der Waals surface area contributed by atoms with Crippen LogP contribution in [0.5, 0.6) is 0 Å². The molecular formula is C31H36N4O9. The number of H-pyrrole nitrogens is 1. The summed E-state index contributed by atoms with van der Waals surface area (Å²) >= 11 is 0. The number of hydrogen-bond acceptors (Lipinski definition) is 8. The van der Waals surface area contributed by atoms with Crippen LogP contribution >= 0.6 is 0 Å². The van der Waals surface area contributed by atoms with Crippen molar-refractivity contribution >= 4 is 58.7 Å². The van der Waals surface area contributed by atoms with Gasteiger partial charge >= 0.3 is 11.9 Å². The van der Waals surface area contributed by atoms with Crippen LogP contribution in [0, 0.1) is 11.8 Å². The fraction of sp³-hybridized carbons (Fsp3) is 0.419. The van der Waals surface area contributed by atoms with E-state index in [9.17, 15) is 38.7 Å². The van der Waals surface area contributed by atoms with Gasteiger partial charge < -0.3 is 30.6 Å². The van der Waals surface area contributed by atoms with E-state index in [1.165, 1.54) is 6.92 Å². The molecule has 1 aromatic carbocycles. The first-order valence-corrected chi connectivity index (χ1v) is 14.2. The standard InChI is InChI=1S/C31H36N4O9/c1-18(37)34-25(13-21-16-33-24-7-3-2-6-23(21)24)28(39)14-20(8-9-29(40)41)31(44)35-26(15-22-5-4-10-32-22)27(38)11-19(17-36)12-30(42)43/h2-3,5-7,10,16-17,19-20,25-26,33H,4,8-9,11-15H2,1H3,(H,34,37)(H,35,44)(H,40,41)(H,42,43)/t19-,20+,25-,26-/m0/s1. The molecule has 44 heavy (non-hydrogen) atoms. The molecule has 0 unspecified atom stereocenters. The molecule has 1 aliphatic heterocycles. The molecule has 2 aromatic rings. The number of carbonyl (C=O) groups is 7. The Balaban J connectivity index is 1.81. The number of aliphatic carboxylic acids is 2. The van der Waals surface area contributed by atoms with E-state index in [1.807, 2.05) is 24.3 Å². The maximum atomic E-state index is 13.5. The van der Waals surface area contributed by atoms with E-state index in [4.69, 9.17) is 5.11 Å². The van der Waals surface area contributed by atoms with Crippen molar-refractivity contribution in [3.8, 4) is 0 Å². The average molecular weight is 609 g/mol. The third kappa shape index (κ3) is 10.1. The topological polar surface area (TPSA) is 212 Å². The molecule has 13 heteroatoms. The smallest absolute Gasteiger partial charge is 0.304 e. The molecule has 4 atom stereocenters. The second kappa shape index (κ2) is 16.1. The van der Waals surface area contributed by atoms with Crippen LogP contribution in [0.15, 0.2) is 47.2 Å². The number of aromatic nitrogens is 1. The predicted octanol–water partition coefficient (Wildman–Crippen LogP) is 2.14. The summed E-state index contributed by atoms with van der Waals surface area (Å²) in [6, 6.07) is 5.22. The Bertz CT molecular complexity index is 1480. The molecule has 234 valence electrons. The Hall–Kier alpha value is -4.94. The van der Waals surface area contributed by atoms with Crippen LogP contribution in [0.2, 0.25) is 0 Å². The summed E-state index contributed by atoms with van der Waals surface area (Å²) < 4.78 is 0. The van der Waals surface area contributed by atoms with E-state index >= 15 is 0 Å². The normalized spacial score (nSPS) is 15.1. The van der Waals surface area contributed by atoms with Crippen molar-refractivity contribution in [2.24, 2.45) is 16.8 Å². The molecule has 1 aliphatic rings. The van der Waals surface area contributed by atoms with Gasteiger partial charge in [0, 0.05) is 86.3 Å². The summed E-state index contributed by atoms with van der Waals surface area (Å²) in [7, 11) is 0. The summed E-state index contributed by atoms with van der Waals surface area (Å²) in [4.78, 5) is 93.5. The number of amides is 2. The van der Waals surface area contributed by atoms with Crippen LogP contribution in [-0.2, 0) is 40.0 Å². The number of carbonyl (C=O) groups excluding carboxylic acids is 5. The first kappa shape index (κ1) is 33.6. The van der Waals surface area contributed by atoms with Gasteiger partial charge in [0.1, 0.15) is 6.29 Å². The molecule has 3 rings (SSSR count). The van der Waals surface area contributed by atoms with Gasteiger partial charge in [0.05, 0.1) is 18.5 Å². The van der Waals surface area contributed by atoms with Gasteiger partial charge in [0.15, 0.2) is 11.6 Å². The molecule has 2 heterocycles. The van der Waals surface area contributed by atoms with Gasteiger partial charge in [-0.2, -0.15) is 0 Å². The van der Waals surface area contributed by atoms with Crippen molar-refractivity contribution in [1.82, 2.24) is 15.6 Å². The van der Waals surface area contributed by atoms with Crippen LogP contribution in [0.1, 0.15) is 57.4 Å². The summed E-state index contributed by atoms with van der Waals surface area (Å²) in [5.41, 5.74) is 2.11. The number of aliphatic imine (C=N–C) groups is 1. The Morgan fingerprint density at radius 3 is 2.30 bits per heavy atom. The predicted molar refractivity (Wildman–Crippen MR) is 159 cm³/mol. The van der Waals surface area contributed by atoms with Crippen LogP contribution in [0.3, 0.4) is 0 Å². The Labute approximate surface area is 253 Å². The molecule has 0 radical (unpaired) electrons. The number of carboxylic acid groups (broad SMARTS) is 2. The highest BCUT2D eigenvalue weighted by atomic mass is 16.4. The van der Waals surface area contributed by atoms with E-state index in [-0.39, 0.29) is 19.3 Å². The zero-order valence-electron chi connectivity index (χ0n) is 24.3. The van der Waals surface area contributed by atoms with Gasteiger partial charge in [0.2, 0.25) is 11.8 Å². The zero-order valence-corrected chi connectivity index (χ0v) is 24.3. The van der Waals surface area contributed by atoms with Crippen LogP contribution in [-0.4, -0.2) is 75.1 Å². The molecule has 0 aliphatic carbocycles. The van der Waals surface area contributed by atoms with Gasteiger partial charge in [-0.15, -0.1) is 0 Å². The highest BCUT2D eigenvalue weighted by Crippen LogP contribution is 2.22. The van der Waals surface area contributed by atoms with Crippen LogP contribution in [0.25, 0.3) is 10.9 Å². The molecule has 2 amide bonds. The number of benzene rings is 1. The lowest BCUT2D eigenvalue weighted by Gasteiger charge is -2.24. The van der Waals surface area contributed by atoms with Crippen molar-refractivity contribution in [1.29, 1.82) is 0 Å². The highest BCUT2D eigenvalue weighted by molar-refractivity contribution is 5.95. The van der Waals surface area contributed by atoms with Gasteiger partial charge in [0.25, 0.3) is 0 Å². The number of ketones is 2. The summed E-state index contributed by atoms with van der Waals surface area (Å²) in [5, 5.41) is 24.5. The number of hydrogen-bond donors (Lipinski definition) is 5. The summed E-state index contributed by atoms with van der Waals surface area (Å²) in [6.07, 6.45) is 4.02. The maximum absolute atomic E-state index is 13.5. The van der Waals surface area contributed by atoms with Crippen molar-refractivity contribution in [2.75, 3.05) is 0 Å². The molecule has 0 spiro atoms. The van der Waals surface area contributed by atoms with Crippen molar-refractivity contribution in [3.63, 3.8) is 0 Å². The van der Waals surface area contributed by atoms with E-state index in [0.29, 0.717) is 18.4 Å². The highest BCUT2D eigenvalue weighted by Gasteiger charge is 2.32. The van der Waals surface area contributed by atoms with E-state index in [2.05, 4.69) is 20.6 Å². The summed E-state index contributed by atoms with van der Waals surface area (Å²) in [5.74, 6) is -7.02. The minimum absolute atomic E-state index is 0.0333. The largest absolute Gasteiger partial charge is 0.481 e. The summed E-state index contributed by atoms with van der Waals surface area (Å²) in [6.45, 7) is 1.26. The number of aldehydes is 1. The Morgan fingerprint density at radius 2 is 1.66 bits per heavy atom. The molecule has 13 nitrogen and oxygen atoms in total. The van der Waals surface area contributed by atoms with Gasteiger partial charge in [-0.05, 0) is 18.1 Å². The number of allylic oxidation sites excluding steroid dienone is 1. The number of fused-ring (bicyclic) bond motifs is 1. The average Bonchev–Trinajstić information content (AvgIpc) is 3.63. The van der Waals surface area contributed by atoms with Crippen molar-refractivity contribution in [3.05, 3.63) is 47.8 Å². The molecule has 0 bridgehead atoms. The molecule has 0 saturated heterocycles. The quantitative estimate of drug-likeness (QED) is 0.148. The van der Waals surface area contributed by atoms with Gasteiger partial charge in [-0.25, -0.2) is 0 Å². The van der Waals surface area contributed by atoms with Crippen LogP contribution in [0.4, 0.5) is 0 Å². The van der Waals surface area contributed by atoms with Gasteiger partial charge in [-0.3, -0.25) is 33.8 Å². The number of rotatable bonds is 19. The first-order chi connectivity index (χ1) is 21.0. The monoisotopic (exact) mass is 608 g/mol. The minimum Gasteiger partial charge on any atom is -0.481 e. The lowest BCUT2D eigenvalue weighted by Crippen LogP contribution is -2.47. The second-order valence-electron chi connectivity index (χ2n) is 10.8. The number of nitrogens with one attached hydrogen (secondary N) is 3. The van der Waals surface area contributed by atoms with E-state index < -0.39 is 84.9 Å². The lowest BCUT2D eigenvalue weighted by atomic mass is 9.90. The van der Waals surface area contributed by atoms with Gasteiger partial charge in [-0.1, -0.05) is 24.3 Å². The number of para-hydroxylation sites is 1. The fourth-order valence-corrected chi connectivity index (χ4v) is 5.10. The Kier molecular flexibility index (Phi) is 12.2. The van der Waals surface area contributed by atoms with Crippen molar-refractivity contribution in [2.45, 2.75) is 70.4 Å². The van der Waals surface area contributed by atoms with E-state index in [0.717, 1.165) is 16.5 Å². The first-order valence-electron chi connectivity index (χ1n) is 14.2. The molecular weight excluding hydrogens is 572 g/mol. The van der Waals surface area contributed by atoms with E-state index in [1.54, 1.807) is 18.5 Å². The number of nitrogens with zero attached hydrogens (tertiary/aromatic N) is 1. The molecule has 0 saturated carbocycles. The lowest BCUT2D eigenvalue weighted by molar-refractivity contribution is -0.140. The number of aromatic amines is 1. The van der Waals surface area contributed by atoms with Crippen LogP contribution < -0.4 is 10.6 Å². The maximum Gasteiger partial charge on any atom is 0.304 e. The fourth-order valence-electron chi connectivity index (χ4n) is 5.10. The SMILES string of the molecule is CC(=O)N[C@@H](Cc1c[nH]c2ccccc12)C(=O)C[C@@H](CCC(=O)O)C(=O)N[C@@H](CC1=CCC=N1)C(=O)C[C@H](C=O)CC(=O)O. The minimum atomic E-state index is -1.26. The molecule has 5 N–H and O–H groups in total. The third-order valence-corrected chi connectivity index (χ3v) is 7.32. The zero-order chi connectivity index (χ0) is 32.2. The molecule has 1 aromatic heterocycles. The number of carboxylic acids is 2. The second-order valence-corrected chi connectivity index (χ2v) is 10.8. The third-order valence-electron chi connectivity index (χ3n) is 7.32. The number of Topliss-reactive ketones (excluding diaryl/α,β-unsaturated/α-hetero) is 2.